The summed E-state index contributed by atoms with van der Waals surface area (Å²) in [5.74, 6) is 2.88. The van der Waals surface area contributed by atoms with Gasteiger partial charge in [-0.15, -0.1) is 0 Å². The number of rotatable bonds is 4. The second kappa shape index (κ2) is 5.72. The molecular weight excluding hydrogens is 224 g/mol. The fourth-order valence-corrected chi connectivity index (χ4v) is 1.93. The molecular formula is C14H28N4+2. The Bertz CT molecular complexity index is 334. The van der Waals surface area contributed by atoms with Crippen molar-refractivity contribution in [3.8, 4) is 0 Å². The van der Waals surface area contributed by atoms with Gasteiger partial charge < -0.3 is 0 Å². The lowest BCUT2D eigenvalue weighted by molar-refractivity contribution is -0.852. The van der Waals surface area contributed by atoms with Gasteiger partial charge in [-0.25, -0.2) is 0 Å². The summed E-state index contributed by atoms with van der Waals surface area (Å²) in [5.41, 5.74) is 0. The van der Waals surface area contributed by atoms with Crippen molar-refractivity contribution in [2.45, 2.75) is 79.3 Å². The molecule has 0 N–H and O–H groups in total. The molecule has 4 nitrogen and oxygen atoms in total. The van der Waals surface area contributed by atoms with Gasteiger partial charge >= 0.3 is 11.6 Å². The maximum Gasteiger partial charge on any atom is 0.388 e. The maximum atomic E-state index is 4.83. The van der Waals surface area contributed by atoms with Crippen molar-refractivity contribution in [1.82, 2.24) is 10.2 Å². The lowest BCUT2D eigenvalue weighted by Gasteiger charge is -2.08. The Hall–Kier alpha value is -1.06. The van der Waals surface area contributed by atoms with Crippen LogP contribution in [0.1, 0.15) is 91.0 Å². The van der Waals surface area contributed by atoms with Gasteiger partial charge in [0.2, 0.25) is 0 Å². The monoisotopic (exact) mass is 252 g/mol. The molecule has 1 aromatic heterocycles. The van der Waals surface area contributed by atoms with Crippen LogP contribution in [0.15, 0.2) is 0 Å². The summed E-state index contributed by atoms with van der Waals surface area (Å²) >= 11 is 0. The first-order valence-electron chi connectivity index (χ1n) is 7.01. The SMILES string of the molecule is CC(C)c1n[n+](C(C)C)c(C(C)C)n[n+]1C(C)C. The molecule has 0 spiro atoms. The van der Waals surface area contributed by atoms with Crippen molar-refractivity contribution in [3.63, 3.8) is 0 Å². The van der Waals surface area contributed by atoms with Crippen LogP contribution in [0.4, 0.5) is 0 Å². The molecule has 102 valence electrons. The molecule has 4 heteroatoms. The van der Waals surface area contributed by atoms with Gasteiger partial charge in [0.05, 0.1) is 11.8 Å². The third-order valence-electron chi connectivity index (χ3n) is 2.90. The zero-order chi connectivity index (χ0) is 14.0. The van der Waals surface area contributed by atoms with E-state index in [1.165, 1.54) is 0 Å². The highest BCUT2D eigenvalue weighted by Gasteiger charge is 2.35. The van der Waals surface area contributed by atoms with Crippen molar-refractivity contribution in [3.05, 3.63) is 11.6 Å². The van der Waals surface area contributed by atoms with E-state index in [1.807, 2.05) is 0 Å². The first-order valence-corrected chi connectivity index (χ1v) is 7.01. The van der Waals surface area contributed by atoms with Crippen LogP contribution in [-0.2, 0) is 0 Å². The van der Waals surface area contributed by atoms with E-state index < -0.39 is 0 Å². The molecule has 0 aliphatic rings. The van der Waals surface area contributed by atoms with Crippen LogP contribution in [0.3, 0.4) is 0 Å². The van der Waals surface area contributed by atoms with Crippen LogP contribution in [0.2, 0.25) is 0 Å². The molecule has 0 amide bonds. The predicted octanol–water partition coefficient (Wildman–Crippen LogP) is 2.46. The number of hydrogen-bond donors (Lipinski definition) is 0. The van der Waals surface area contributed by atoms with E-state index >= 15 is 0 Å². The third-order valence-corrected chi connectivity index (χ3v) is 2.90. The molecule has 0 aromatic carbocycles. The Morgan fingerprint density at radius 2 is 0.889 bits per heavy atom. The second-order valence-corrected chi connectivity index (χ2v) is 6.10. The van der Waals surface area contributed by atoms with Crippen LogP contribution in [0.25, 0.3) is 0 Å². The lowest BCUT2D eigenvalue weighted by Crippen LogP contribution is -2.57. The molecule has 1 heterocycles. The molecule has 1 aromatic rings. The molecule has 0 bridgehead atoms. The molecule has 0 fully saturated rings. The van der Waals surface area contributed by atoms with Crippen molar-refractivity contribution in [2.75, 3.05) is 0 Å². The molecule has 18 heavy (non-hydrogen) atoms. The summed E-state index contributed by atoms with van der Waals surface area (Å²) in [5, 5.41) is 9.66. The molecule has 0 saturated carbocycles. The Morgan fingerprint density at radius 3 is 1.06 bits per heavy atom. The van der Waals surface area contributed by atoms with Crippen LogP contribution in [-0.4, -0.2) is 10.2 Å². The molecule has 0 atom stereocenters. The minimum Gasteiger partial charge on any atom is -0.0508 e. The Labute approximate surface area is 111 Å². The highest BCUT2D eigenvalue weighted by Crippen LogP contribution is 2.11. The molecule has 0 aliphatic heterocycles. The largest absolute Gasteiger partial charge is 0.388 e. The number of aromatic nitrogens is 4. The molecule has 0 unspecified atom stereocenters. The summed E-state index contributed by atoms with van der Waals surface area (Å²) in [6.07, 6.45) is 0. The minimum atomic E-state index is 0.342. The summed E-state index contributed by atoms with van der Waals surface area (Å²) in [6.45, 7) is 17.3. The highest BCUT2D eigenvalue weighted by molar-refractivity contribution is 4.81. The van der Waals surface area contributed by atoms with E-state index in [1.54, 1.807) is 0 Å². The van der Waals surface area contributed by atoms with Crippen LogP contribution in [0, 0.1) is 0 Å². The van der Waals surface area contributed by atoms with Crippen molar-refractivity contribution < 1.29 is 9.36 Å². The van der Waals surface area contributed by atoms with E-state index in [4.69, 9.17) is 10.2 Å². The molecule has 0 radical (unpaired) electrons. The van der Waals surface area contributed by atoms with Gasteiger partial charge in [0.1, 0.15) is 22.3 Å². The quantitative estimate of drug-likeness (QED) is 0.771. The first kappa shape index (κ1) is 15.0. The van der Waals surface area contributed by atoms with Gasteiger partial charge in [-0.2, -0.15) is 0 Å². The standard InChI is InChI=1S/C14H28N4/c1-9(2)13-15-18(12(7)8)14(10(3)4)16-17(13)11(5)6/h9-12H,1-8H3/q+2. The smallest absolute Gasteiger partial charge is 0.0508 e. The molecule has 1 rings (SSSR count). The van der Waals surface area contributed by atoms with Gasteiger partial charge in [0, 0.05) is 0 Å². The van der Waals surface area contributed by atoms with Crippen LogP contribution in [0.5, 0.6) is 0 Å². The van der Waals surface area contributed by atoms with Crippen LogP contribution < -0.4 is 9.36 Å². The lowest BCUT2D eigenvalue weighted by atomic mass is 10.2. The number of nitrogens with zero attached hydrogens (tertiary/aromatic N) is 4. The number of hydrogen-bond acceptors (Lipinski definition) is 2. The first-order chi connectivity index (χ1) is 8.25. The Morgan fingerprint density at radius 1 is 0.611 bits per heavy atom. The normalized spacial score (nSPS) is 12.2. The second-order valence-electron chi connectivity index (χ2n) is 6.10. The molecule has 0 saturated heterocycles. The maximum absolute atomic E-state index is 4.83. The van der Waals surface area contributed by atoms with E-state index in [0.717, 1.165) is 11.6 Å². The minimum absolute atomic E-state index is 0.342. The Kier molecular flexibility index (Phi) is 4.77. The van der Waals surface area contributed by atoms with Gasteiger partial charge in [-0.1, -0.05) is 27.7 Å². The average Bonchev–Trinajstić information content (AvgIpc) is 2.26. The van der Waals surface area contributed by atoms with Gasteiger partial charge in [0.25, 0.3) is 0 Å². The summed E-state index contributed by atoms with van der Waals surface area (Å²) in [7, 11) is 0. The summed E-state index contributed by atoms with van der Waals surface area (Å²) in [4.78, 5) is 0. The van der Waals surface area contributed by atoms with Crippen molar-refractivity contribution in [1.29, 1.82) is 0 Å². The van der Waals surface area contributed by atoms with E-state index in [0.29, 0.717) is 23.9 Å². The Balaban J connectivity index is 3.50. The average molecular weight is 252 g/mol. The van der Waals surface area contributed by atoms with Crippen LogP contribution >= 0.6 is 0 Å². The third kappa shape index (κ3) is 3.03. The van der Waals surface area contributed by atoms with Crippen molar-refractivity contribution >= 4 is 0 Å². The van der Waals surface area contributed by atoms with Gasteiger partial charge in [-0.05, 0) is 37.1 Å². The van der Waals surface area contributed by atoms with E-state index in [9.17, 15) is 0 Å². The highest BCUT2D eigenvalue weighted by atomic mass is 15.5. The van der Waals surface area contributed by atoms with E-state index in [2.05, 4.69) is 64.8 Å². The zero-order valence-corrected chi connectivity index (χ0v) is 13.1. The summed E-state index contributed by atoms with van der Waals surface area (Å²) < 4.78 is 4.14. The van der Waals surface area contributed by atoms with Gasteiger partial charge in [0.15, 0.2) is 0 Å². The molecule has 0 aliphatic carbocycles. The van der Waals surface area contributed by atoms with E-state index in [-0.39, 0.29) is 0 Å². The predicted molar refractivity (Wildman–Crippen MR) is 71.4 cm³/mol. The fraction of sp³-hybridized carbons (Fsp3) is 0.857. The topological polar surface area (TPSA) is 33.5 Å². The van der Waals surface area contributed by atoms with Crippen molar-refractivity contribution in [2.24, 2.45) is 0 Å². The zero-order valence-electron chi connectivity index (χ0n) is 13.1. The van der Waals surface area contributed by atoms with Gasteiger partial charge in [-0.3, -0.25) is 0 Å². The summed E-state index contributed by atoms with van der Waals surface area (Å²) in [6, 6.07) is 0.684. The fourth-order valence-electron chi connectivity index (χ4n) is 1.93.